The molecule has 5 rings (SSSR count). The molecule has 2 aromatic heterocycles. The highest BCUT2D eigenvalue weighted by molar-refractivity contribution is 5.70. The average Bonchev–Trinajstić information content (AvgIpc) is 3.44. The molecule has 9 heteroatoms. The minimum Gasteiger partial charge on any atom is -0.460 e. The lowest BCUT2D eigenvalue weighted by Gasteiger charge is -2.23. The molecule has 0 radical (unpaired) electrons. The van der Waals surface area contributed by atoms with Crippen molar-refractivity contribution in [3.05, 3.63) is 105 Å². The molecule has 2 aromatic carbocycles. The van der Waals surface area contributed by atoms with Gasteiger partial charge in [0.05, 0.1) is 33.3 Å². The normalized spacial score (nSPS) is 15.0. The van der Waals surface area contributed by atoms with Crippen LogP contribution in [0.4, 0.5) is 5.69 Å². The Morgan fingerprint density at radius 1 is 1.12 bits per heavy atom. The summed E-state index contributed by atoms with van der Waals surface area (Å²) in [5.41, 5.74) is 8.64. The number of hydrogen-bond acceptors (Lipinski definition) is 7. The Hall–Kier alpha value is -4.84. The number of furan rings is 1. The largest absolute Gasteiger partial charge is 0.460 e. The Morgan fingerprint density at radius 2 is 1.85 bits per heavy atom. The fourth-order valence-corrected chi connectivity index (χ4v) is 4.04. The van der Waals surface area contributed by atoms with Gasteiger partial charge in [-0.2, -0.15) is 10.4 Å². The molecular formula is C24H17N5O4. The first-order valence-electron chi connectivity index (χ1n) is 10.1. The molecule has 1 atom stereocenters. The molecule has 162 valence electrons. The number of nitrogens with zero attached hydrogens (tertiary/aromatic N) is 4. The van der Waals surface area contributed by atoms with Gasteiger partial charge in [0.1, 0.15) is 23.2 Å². The maximum absolute atomic E-state index is 11.5. The molecule has 0 spiro atoms. The zero-order valence-corrected chi connectivity index (χ0v) is 17.4. The summed E-state index contributed by atoms with van der Waals surface area (Å²) >= 11 is 0. The molecule has 3 heterocycles. The average molecular weight is 439 g/mol. The number of nitrogens with two attached hydrogens (primary N) is 1. The fourth-order valence-electron chi connectivity index (χ4n) is 4.04. The molecular weight excluding hydrogens is 422 g/mol. The van der Waals surface area contributed by atoms with Gasteiger partial charge in [-0.15, -0.1) is 0 Å². The van der Waals surface area contributed by atoms with Crippen molar-refractivity contribution in [3.63, 3.8) is 0 Å². The van der Waals surface area contributed by atoms with E-state index in [1.54, 1.807) is 35.0 Å². The first kappa shape index (κ1) is 20.1. The van der Waals surface area contributed by atoms with Crippen molar-refractivity contribution < 1.29 is 14.1 Å². The number of para-hydroxylation sites is 2. The van der Waals surface area contributed by atoms with E-state index in [0.29, 0.717) is 34.2 Å². The summed E-state index contributed by atoms with van der Waals surface area (Å²) in [6.07, 6.45) is 0. The molecule has 2 N–H and O–H groups in total. The van der Waals surface area contributed by atoms with Crippen LogP contribution in [-0.2, 0) is 0 Å². The quantitative estimate of drug-likeness (QED) is 0.364. The van der Waals surface area contributed by atoms with E-state index in [1.165, 1.54) is 6.07 Å². The highest BCUT2D eigenvalue weighted by Crippen LogP contribution is 2.46. The third kappa shape index (κ3) is 3.21. The second-order valence-corrected chi connectivity index (χ2v) is 7.45. The van der Waals surface area contributed by atoms with Crippen LogP contribution in [0.1, 0.15) is 22.9 Å². The first-order chi connectivity index (χ1) is 16.0. The van der Waals surface area contributed by atoms with Crippen LogP contribution in [0.2, 0.25) is 0 Å². The van der Waals surface area contributed by atoms with E-state index in [-0.39, 0.29) is 17.1 Å². The summed E-state index contributed by atoms with van der Waals surface area (Å²) in [7, 11) is 0. The number of rotatable bonds is 4. The number of fused-ring (bicyclic) bond motifs is 1. The van der Waals surface area contributed by atoms with E-state index in [1.807, 2.05) is 37.3 Å². The van der Waals surface area contributed by atoms with E-state index < -0.39 is 10.8 Å². The topological polar surface area (TPSA) is 133 Å². The molecule has 0 amide bonds. The standard InChI is InChI=1S/C24H17N5O4/c1-14-21-22(20-12-11-19(32-20)16-9-5-6-10-18(16)29(30)31)17(13-25)23(26)33-24(21)28(27-14)15-7-3-2-4-8-15/h2-12,22H,26H2,1H3/t22-/m1/s1. The van der Waals surface area contributed by atoms with Crippen LogP contribution >= 0.6 is 0 Å². The Morgan fingerprint density at radius 3 is 2.58 bits per heavy atom. The molecule has 0 saturated carbocycles. The first-order valence-corrected chi connectivity index (χ1v) is 10.1. The van der Waals surface area contributed by atoms with Gasteiger partial charge in [-0.1, -0.05) is 30.3 Å². The molecule has 33 heavy (non-hydrogen) atoms. The molecule has 1 aliphatic heterocycles. The maximum atomic E-state index is 11.5. The van der Waals surface area contributed by atoms with E-state index in [4.69, 9.17) is 14.9 Å². The number of benzene rings is 2. The lowest BCUT2D eigenvalue weighted by atomic mass is 9.88. The minimum atomic E-state index is -0.673. The van der Waals surface area contributed by atoms with Crippen LogP contribution in [0.5, 0.6) is 5.88 Å². The number of aryl methyl sites for hydroxylation is 1. The van der Waals surface area contributed by atoms with E-state index in [2.05, 4.69) is 11.2 Å². The molecule has 0 saturated heterocycles. The van der Waals surface area contributed by atoms with Gasteiger partial charge in [-0.05, 0) is 37.3 Å². The Labute approximate surface area is 188 Å². The van der Waals surface area contributed by atoms with Crippen LogP contribution in [-0.4, -0.2) is 14.7 Å². The summed E-state index contributed by atoms with van der Waals surface area (Å²) in [6.45, 7) is 1.82. The Kier molecular flexibility index (Phi) is 4.68. The lowest BCUT2D eigenvalue weighted by molar-refractivity contribution is -0.384. The maximum Gasteiger partial charge on any atom is 0.280 e. The summed E-state index contributed by atoms with van der Waals surface area (Å²) in [6, 6.07) is 21.2. The third-order valence-electron chi connectivity index (χ3n) is 5.51. The van der Waals surface area contributed by atoms with Crippen LogP contribution in [0.3, 0.4) is 0 Å². The second kappa shape index (κ2) is 7.69. The molecule has 1 aliphatic rings. The predicted molar refractivity (Wildman–Crippen MR) is 118 cm³/mol. The van der Waals surface area contributed by atoms with Crippen LogP contribution in [0, 0.1) is 28.4 Å². The molecule has 0 bridgehead atoms. The van der Waals surface area contributed by atoms with Gasteiger partial charge in [-0.25, -0.2) is 4.68 Å². The Bertz CT molecular complexity index is 1460. The predicted octanol–water partition coefficient (Wildman–Crippen LogP) is 4.57. The van der Waals surface area contributed by atoms with Gasteiger partial charge < -0.3 is 14.9 Å². The monoisotopic (exact) mass is 439 g/mol. The number of hydrogen-bond donors (Lipinski definition) is 1. The van der Waals surface area contributed by atoms with Gasteiger partial charge in [0.15, 0.2) is 0 Å². The van der Waals surface area contributed by atoms with Gasteiger partial charge in [-0.3, -0.25) is 10.1 Å². The van der Waals surface area contributed by atoms with Crippen LogP contribution < -0.4 is 10.5 Å². The highest BCUT2D eigenvalue weighted by Gasteiger charge is 2.38. The van der Waals surface area contributed by atoms with Gasteiger partial charge in [0.2, 0.25) is 11.8 Å². The van der Waals surface area contributed by atoms with Crippen molar-refractivity contribution in [3.8, 4) is 29.0 Å². The molecule has 9 nitrogen and oxygen atoms in total. The van der Waals surface area contributed by atoms with Gasteiger partial charge in [0.25, 0.3) is 5.69 Å². The van der Waals surface area contributed by atoms with E-state index >= 15 is 0 Å². The number of nitro groups is 1. The van der Waals surface area contributed by atoms with Crippen molar-refractivity contribution in [2.45, 2.75) is 12.8 Å². The van der Waals surface area contributed by atoms with Crippen LogP contribution in [0.15, 0.2) is 82.6 Å². The zero-order valence-electron chi connectivity index (χ0n) is 17.4. The number of nitro benzene ring substituents is 1. The number of allylic oxidation sites excluding steroid dienone is 1. The molecule has 0 aliphatic carbocycles. The molecule has 4 aromatic rings. The highest BCUT2D eigenvalue weighted by atomic mass is 16.6. The second-order valence-electron chi connectivity index (χ2n) is 7.45. The van der Waals surface area contributed by atoms with E-state index in [0.717, 1.165) is 5.69 Å². The summed E-state index contributed by atoms with van der Waals surface area (Å²) in [5, 5.41) is 25.9. The number of ether oxygens (including phenoxy) is 1. The van der Waals surface area contributed by atoms with Crippen molar-refractivity contribution in [2.75, 3.05) is 0 Å². The van der Waals surface area contributed by atoms with Crippen molar-refractivity contribution in [1.29, 1.82) is 5.26 Å². The summed E-state index contributed by atoms with van der Waals surface area (Å²) in [5.74, 6) is 0.393. The number of nitriles is 1. The fraction of sp³-hybridized carbons (Fsp3) is 0.0833. The zero-order chi connectivity index (χ0) is 23.1. The SMILES string of the molecule is Cc1nn(-c2ccccc2)c2c1[C@@H](c1ccc(-c3ccccc3[N+](=O)[O-])o1)C(C#N)=C(N)O2. The van der Waals surface area contributed by atoms with Crippen molar-refractivity contribution >= 4 is 5.69 Å². The van der Waals surface area contributed by atoms with Crippen molar-refractivity contribution in [2.24, 2.45) is 5.73 Å². The summed E-state index contributed by atoms with van der Waals surface area (Å²) < 4.78 is 13.5. The summed E-state index contributed by atoms with van der Waals surface area (Å²) in [4.78, 5) is 11.0. The van der Waals surface area contributed by atoms with Crippen molar-refractivity contribution in [1.82, 2.24) is 9.78 Å². The molecule has 0 unspecified atom stereocenters. The molecule has 0 fully saturated rings. The third-order valence-corrected chi connectivity index (χ3v) is 5.51. The lowest BCUT2D eigenvalue weighted by Crippen LogP contribution is -2.21. The van der Waals surface area contributed by atoms with E-state index in [9.17, 15) is 15.4 Å². The Balaban J connectivity index is 1.67. The number of aromatic nitrogens is 2. The van der Waals surface area contributed by atoms with Gasteiger partial charge >= 0.3 is 0 Å². The minimum absolute atomic E-state index is 0.0456. The van der Waals surface area contributed by atoms with Gasteiger partial charge in [0, 0.05) is 6.07 Å². The smallest absolute Gasteiger partial charge is 0.280 e. The van der Waals surface area contributed by atoms with Crippen LogP contribution in [0.25, 0.3) is 17.0 Å².